The number of amides is 1. The third-order valence-corrected chi connectivity index (χ3v) is 4.31. The van der Waals surface area contributed by atoms with Crippen molar-refractivity contribution in [3.63, 3.8) is 0 Å². The van der Waals surface area contributed by atoms with Gasteiger partial charge in [0.05, 0.1) is 6.04 Å². The van der Waals surface area contributed by atoms with Gasteiger partial charge in [-0.15, -0.1) is 0 Å². The van der Waals surface area contributed by atoms with Gasteiger partial charge in [-0.2, -0.15) is 0 Å². The van der Waals surface area contributed by atoms with Gasteiger partial charge in [-0.05, 0) is 32.2 Å². The summed E-state index contributed by atoms with van der Waals surface area (Å²) < 4.78 is 0. The van der Waals surface area contributed by atoms with Crippen molar-refractivity contribution in [3.8, 4) is 0 Å². The van der Waals surface area contributed by atoms with E-state index >= 15 is 0 Å². The van der Waals surface area contributed by atoms with E-state index in [0.717, 1.165) is 45.3 Å². The smallest absolute Gasteiger partial charge is 0.239 e. The molecule has 1 unspecified atom stereocenters. The third-order valence-electron chi connectivity index (χ3n) is 4.31. The Bertz CT molecular complexity index is 370. The molecule has 0 radical (unpaired) electrons. The molecule has 1 atom stereocenters. The predicted molar refractivity (Wildman–Crippen MR) is 96.5 cm³/mol. The van der Waals surface area contributed by atoms with Crippen molar-refractivity contribution < 1.29 is 4.79 Å². The highest BCUT2D eigenvalue weighted by atomic mass is 16.2. The molecule has 0 bridgehead atoms. The molecule has 0 aromatic rings. The van der Waals surface area contributed by atoms with Gasteiger partial charge in [0.1, 0.15) is 0 Å². The highest BCUT2D eigenvalue weighted by Crippen LogP contribution is 2.18. The number of rotatable bonds is 10. The van der Waals surface area contributed by atoms with E-state index < -0.39 is 0 Å². The van der Waals surface area contributed by atoms with Crippen molar-refractivity contribution in [2.75, 3.05) is 40.3 Å². The van der Waals surface area contributed by atoms with Crippen LogP contribution >= 0.6 is 0 Å². The molecule has 1 heterocycles. The number of nitrogens with one attached hydrogen (secondary N) is 1. The van der Waals surface area contributed by atoms with Crippen LogP contribution in [-0.4, -0.2) is 68.0 Å². The van der Waals surface area contributed by atoms with Crippen LogP contribution in [0.1, 0.15) is 51.9 Å². The average molecular weight is 326 g/mol. The van der Waals surface area contributed by atoms with Crippen LogP contribution in [0.2, 0.25) is 0 Å². The zero-order chi connectivity index (χ0) is 17.1. The summed E-state index contributed by atoms with van der Waals surface area (Å²) in [5.74, 6) is 0.767. The maximum absolute atomic E-state index is 12.1. The first-order valence-corrected chi connectivity index (χ1v) is 9.05. The number of hydrogen-bond acceptors (Lipinski definition) is 3. The lowest BCUT2D eigenvalue weighted by Gasteiger charge is -2.25. The molecule has 1 rings (SSSR count). The molecule has 0 aromatic heterocycles. The number of unbranched alkanes of at least 4 members (excludes halogenated alkanes) is 3. The van der Waals surface area contributed by atoms with E-state index in [0.29, 0.717) is 12.5 Å². The number of guanidine groups is 1. The second-order valence-electron chi connectivity index (χ2n) is 6.53. The Labute approximate surface area is 141 Å². The van der Waals surface area contributed by atoms with Crippen molar-refractivity contribution in [3.05, 3.63) is 0 Å². The Morgan fingerprint density at radius 3 is 2.78 bits per heavy atom. The first kappa shape index (κ1) is 19.7. The van der Waals surface area contributed by atoms with Crippen LogP contribution in [0.25, 0.3) is 0 Å². The summed E-state index contributed by atoms with van der Waals surface area (Å²) in [6, 6.07) is 0.0583. The SMILES string of the molecule is CCCCCCNC(N)=NCCCN1CCCC1C(=O)N(C)C. The first-order chi connectivity index (χ1) is 11.1. The van der Waals surface area contributed by atoms with E-state index in [2.05, 4.69) is 22.1 Å². The molecule has 1 aliphatic heterocycles. The fraction of sp³-hybridized carbons (Fsp3) is 0.882. The number of likely N-dealkylation sites (tertiary alicyclic amines) is 1. The van der Waals surface area contributed by atoms with E-state index in [1.807, 2.05) is 14.1 Å². The lowest BCUT2D eigenvalue weighted by atomic mass is 10.2. The van der Waals surface area contributed by atoms with Crippen LogP contribution in [0, 0.1) is 0 Å². The van der Waals surface area contributed by atoms with E-state index in [1.54, 1.807) is 4.90 Å². The van der Waals surface area contributed by atoms with Crippen LogP contribution in [0.3, 0.4) is 0 Å². The third kappa shape index (κ3) is 7.68. The summed E-state index contributed by atoms with van der Waals surface area (Å²) >= 11 is 0. The Hall–Kier alpha value is -1.30. The molecule has 1 fully saturated rings. The van der Waals surface area contributed by atoms with Gasteiger partial charge in [-0.25, -0.2) is 0 Å². The molecule has 23 heavy (non-hydrogen) atoms. The largest absolute Gasteiger partial charge is 0.370 e. The lowest BCUT2D eigenvalue weighted by molar-refractivity contribution is -0.133. The summed E-state index contributed by atoms with van der Waals surface area (Å²) in [6.45, 7) is 5.75. The second kappa shape index (κ2) is 11.3. The van der Waals surface area contributed by atoms with Gasteiger partial charge in [-0.1, -0.05) is 26.2 Å². The van der Waals surface area contributed by atoms with Gasteiger partial charge in [-0.3, -0.25) is 14.7 Å². The maximum atomic E-state index is 12.1. The van der Waals surface area contributed by atoms with Crippen molar-refractivity contribution in [2.24, 2.45) is 10.7 Å². The number of hydrogen-bond donors (Lipinski definition) is 2. The molecular weight excluding hydrogens is 290 g/mol. The summed E-state index contributed by atoms with van der Waals surface area (Å²) in [5, 5.41) is 3.17. The van der Waals surface area contributed by atoms with E-state index in [4.69, 9.17) is 5.73 Å². The van der Waals surface area contributed by atoms with Gasteiger partial charge in [0.2, 0.25) is 5.91 Å². The molecule has 6 nitrogen and oxygen atoms in total. The number of nitrogens with zero attached hydrogens (tertiary/aromatic N) is 3. The molecule has 1 saturated heterocycles. The highest BCUT2D eigenvalue weighted by Gasteiger charge is 2.30. The van der Waals surface area contributed by atoms with Crippen molar-refractivity contribution in [1.29, 1.82) is 0 Å². The van der Waals surface area contributed by atoms with Crippen molar-refractivity contribution >= 4 is 11.9 Å². The Morgan fingerprint density at radius 1 is 1.30 bits per heavy atom. The quantitative estimate of drug-likeness (QED) is 0.362. The van der Waals surface area contributed by atoms with Crippen molar-refractivity contribution in [1.82, 2.24) is 15.1 Å². The summed E-state index contributed by atoms with van der Waals surface area (Å²) in [7, 11) is 3.66. The number of likely N-dealkylation sites (N-methyl/N-ethyl adjacent to an activating group) is 1. The average Bonchev–Trinajstić information content (AvgIpc) is 2.98. The van der Waals surface area contributed by atoms with Gasteiger partial charge in [0.15, 0.2) is 5.96 Å². The lowest BCUT2D eigenvalue weighted by Crippen LogP contribution is -2.43. The topological polar surface area (TPSA) is 74.0 Å². The molecule has 134 valence electrons. The summed E-state index contributed by atoms with van der Waals surface area (Å²) in [5.41, 5.74) is 5.86. The minimum atomic E-state index is 0.0583. The summed E-state index contributed by atoms with van der Waals surface area (Å²) in [6.07, 6.45) is 7.93. The number of aliphatic imine (C=N–C) groups is 1. The molecule has 0 saturated carbocycles. The molecule has 6 heteroatoms. The maximum Gasteiger partial charge on any atom is 0.239 e. The summed E-state index contributed by atoms with van der Waals surface area (Å²) in [4.78, 5) is 20.5. The molecule has 0 aliphatic carbocycles. The Kier molecular flexibility index (Phi) is 9.67. The minimum Gasteiger partial charge on any atom is -0.370 e. The van der Waals surface area contributed by atoms with Gasteiger partial charge in [0, 0.05) is 33.7 Å². The molecule has 1 amide bonds. The van der Waals surface area contributed by atoms with Crippen LogP contribution in [0.5, 0.6) is 0 Å². The molecule has 3 N–H and O–H groups in total. The van der Waals surface area contributed by atoms with Crippen LogP contribution in [0.4, 0.5) is 0 Å². The molecule has 0 spiro atoms. The Morgan fingerprint density at radius 2 is 2.09 bits per heavy atom. The standard InChI is InChI=1S/C17H35N5O/c1-4-5-6-7-11-19-17(18)20-12-9-14-22-13-8-10-15(22)16(23)21(2)3/h15H,4-14H2,1-3H3,(H3,18,19,20). The normalized spacial score (nSPS) is 19.1. The second-order valence-corrected chi connectivity index (χ2v) is 6.53. The number of nitrogens with two attached hydrogens (primary N) is 1. The predicted octanol–water partition coefficient (Wildman–Crippen LogP) is 1.41. The number of carbonyl (C=O) groups excluding carboxylic acids is 1. The zero-order valence-electron chi connectivity index (χ0n) is 15.2. The fourth-order valence-electron chi connectivity index (χ4n) is 2.97. The van der Waals surface area contributed by atoms with Crippen molar-refractivity contribution in [2.45, 2.75) is 57.9 Å². The highest BCUT2D eigenvalue weighted by molar-refractivity contribution is 5.81. The minimum absolute atomic E-state index is 0.0583. The van der Waals surface area contributed by atoms with Gasteiger partial charge < -0.3 is 16.0 Å². The van der Waals surface area contributed by atoms with E-state index in [1.165, 1.54) is 19.3 Å². The Balaban J connectivity index is 2.17. The van der Waals surface area contributed by atoms with Gasteiger partial charge >= 0.3 is 0 Å². The molecular formula is C17H35N5O. The van der Waals surface area contributed by atoms with E-state index in [9.17, 15) is 4.79 Å². The monoisotopic (exact) mass is 325 g/mol. The zero-order valence-corrected chi connectivity index (χ0v) is 15.2. The fourth-order valence-corrected chi connectivity index (χ4v) is 2.97. The molecule has 0 aromatic carbocycles. The van der Waals surface area contributed by atoms with Gasteiger partial charge in [0.25, 0.3) is 0 Å². The molecule has 1 aliphatic rings. The van der Waals surface area contributed by atoms with Crippen LogP contribution < -0.4 is 11.1 Å². The first-order valence-electron chi connectivity index (χ1n) is 9.05. The van der Waals surface area contributed by atoms with E-state index in [-0.39, 0.29) is 11.9 Å². The number of carbonyl (C=O) groups is 1. The van der Waals surface area contributed by atoms with Crippen LogP contribution in [-0.2, 0) is 4.79 Å². The van der Waals surface area contributed by atoms with Crippen LogP contribution in [0.15, 0.2) is 4.99 Å².